The Hall–Kier alpha value is -3.08. The molecular formula is C24H18Br2N2O3. The van der Waals surface area contributed by atoms with E-state index >= 15 is 0 Å². The van der Waals surface area contributed by atoms with Crippen molar-refractivity contribution in [3.8, 4) is 17.6 Å². The van der Waals surface area contributed by atoms with Crippen LogP contribution in [-0.2, 0) is 11.4 Å². The number of carbonyl (C=O) groups excluding carboxylic acids is 1. The van der Waals surface area contributed by atoms with Gasteiger partial charge in [-0.3, -0.25) is 4.79 Å². The van der Waals surface area contributed by atoms with Gasteiger partial charge in [-0.25, -0.2) is 0 Å². The maximum absolute atomic E-state index is 12.5. The predicted molar refractivity (Wildman–Crippen MR) is 128 cm³/mol. The van der Waals surface area contributed by atoms with Gasteiger partial charge in [-0.1, -0.05) is 62.2 Å². The van der Waals surface area contributed by atoms with E-state index in [0.29, 0.717) is 33.8 Å². The van der Waals surface area contributed by atoms with E-state index in [-0.39, 0.29) is 5.57 Å². The third kappa shape index (κ3) is 6.20. The summed E-state index contributed by atoms with van der Waals surface area (Å²) in [5.41, 5.74) is 2.21. The van der Waals surface area contributed by atoms with Gasteiger partial charge in [0.15, 0.2) is 11.5 Å². The highest BCUT2D eigenvalue weighted by Gasteiger charge is 2.14. The summed E-state index contributed by atoms with van der Waals surface area (Å²) in [7, 11) is 1.54. The van der Waals surface area contributed by atoms with E-state index in [1.165, 1.54) is 13.2 Å². The highest BCUT2D eigenvalue weighted by molar-refractivity contribution is 9.10. The molecule has 156 valence electrons. The molecule has 0 aliphatic heterocycles. The molecule has 0 fully saturated rings. The van der Waals surface area contributed by atoms with E-state index in [0.717, 1.165) is 10.0 Å². The molecule has 0 radical (unpaired) electrons. The molecule has 5 nitrogen and oxygen atoms in total. The van der Waals surface area contributed by atoms with Crippen molar-refractivity contribution in [3.05, 3.63) is 92.4 Å². The average Bonchev–Trinajstić information content (AvgIpc) is 2.78. The minimum absolute atomic E-state index is 0.0323. The van der Waals surface area contributed by atoms with Gasteiger partial charge in [0.25, 0.3) is 5.91 Å². The molecule has 0 aliphatic rings. The lowest BCUT2D eigenvalue weighted by Gasteiger charge is -2.13. The van der Waals surface area contributed by atoms with Crippen molar-refractivity contribution in [3.63, 3.8) is 0 Å². The standard InChI is InChI=1S/C24H18Br2N2O3/c1-30-22-12-17(11-18(14-27)24(29)28-20-5-3-2-4-6-20)21(26)13-23(22)31-15-16-7-9-19(25)10-8-16/h2-13H,15H2,1H3,(H,28,29)/b18-11-. The molecular weight excluding hydrogens is 524 g/mol. The molecule has 3 aromatic carbocycles. The molecule has 3 rings (SSSR count). The molecule has 0 saturated carbocycles. The van der Waals surface area contributed by atoms with Crippen molar-refractivity contribution < 1.29 is 14.3 Å². The zero-order valence-electron chi connectivity index (χ0n) is 16.6. The lowest BCUT2D eigenvalue weighted by molar-refractivity contribution is -0.112. The number of halogens is 2. The summed E-state index contributed by atoms with van der Waals surface area (Å²) in [6.45, 7) is 0.369. The number of para-hydroxylation sites is 1. The number of hydrogen-bond acceptors (Lipinski definition) is 4. The van der Waals surface area contributed by atoms with Gasteiger partial charge in [0, 0.05) is 14.6 Å². The molecule has 31 heavy (non-hydrogen) atoms. The molecule has 0 spiro atoms. The smallest absolute Gasteiger partial charge is 0.266 e. The van der Waals surface area contributed by atoms with Gasteiger partial charge < -0.3 is 14.8 Å². The second-order valence-corrected chi connectivity index (χ2v) is 8.20. The maximum Gasteiger partial charge on any atom is 0.266 e. The van der Waals surface area contributed by atoms with E-state index in [1.54, 1.807) is 36.4 Å². The minimum Gasteiger partial charge on any atom is -0.493 e. The Balaban J connectivity index is 1.81. The van der Waals surface area contributed by atoms with Crippen molar-refractivity contribution in [1.29, 1.82) is 5.26 Å². The molecule has 3 aromatic rings. The second-order valence-electron chi connectivity index (χ2n) is 6.43. The van der Waals surface area contributed by atoms with E-state index < -0.39 is 5.91 Å². The van der Waals surface area contributed by atoms with Crippen molar-refractivity contribution >= 4 is 49.5 Å². The Morgan fingerprint density at radius 2 is 1.77 bits per heavy atom. The van der Waals surface area contributed by atoms with Crippen LogP contribution < -0.4 is 14.8 Å². The Kier molecular flexibility index (Phi) is 7.88. The maximum atomic E-state index is 12.5. The Morgan fingerprint density at radius 1 is 1.06 bits per heavy atom. The third-order valence-corrected chi connectivity index (χ3v) is 5.50. The summed E-state index contributed by atoms with van der Waals surface area (Å²) >= 11 is 6.90. The highest BCUT2D eigenvalue weighted by atomic mass is 79.9. The predicted octanol–water partition coefficient (Wildman–Crippen LogP) is 6.34. The topological polar surface area (TPSA) is 71.3 Å². The van der Waals surface area contributed by atoms with Crippen LogP contribution in [0.2, 0.25) is 0 Å². The average molecular weight is 542 g/mol. The SMILES string of the molecule is COc1cc(/C=C(/C#N)C(=O)Nc2ccccc2)c(Br)cc1OCc1ccc(Br)cc1. The number of ether oxygens (including phenoxy) is 2. The number of nitriles is 1. The minimum atomic E-state index is -0.491. The number of hydrogen-bond donors (Lipinski definition) is 1. The molecule has 0 bridgehead atoms. The normalized spacial score (nSPS) is 10.8. The quantitative estimate of drug-likeness (QED) is 0.279. The molecule has 0 aliphatic carbocycles. The lowest BCUT2D eigenvalue weighted by Crippen LogP contribution is -2.13. The zero-order valence-corrected chi connectivity index (χ0v) is 19.7. The largest absolute Gasteiger partial charge is 0.493 e. The fourth-order valence-electron chi connectivity index (χ4n) is 2.70. The van der Waals surface area contributed by atoms with Crippen LogP contribution in [-0.4, -0.2) is 13.0 Å². The van der Waals surface area contributed by atoms with Crippen LogP contribution in [0.15, 0.2) is 81.2 Å². The molecule has 1 N–H and O–H groups in total. The summed E-state index contributed by atoms with van der Waals surface area (Å²) < 4.78 is 13.0. The molecule has 7 heteroatoms. The zero-order chi connectivity index (χ0) is 22.2. The summed E-state index contributed by atoms with van der Waals surface area (Å²) in [5, 5.41) is 12.2. The van der Waals surface area contributed by atoms with Gasteiger partial charge in [0.2, 0.25) is 0 Å². The van der Waals surface area contributed by atoms with Crippen LogP contribution in [0.1, 0.15) is 11.1 Å². The van der Waals surface area contributed by atoms with E-state index in [4.69, 9.17) is 9.47 Å². The summed E-state index contributed by atoms with van der Waals surface area (Å²) in [6, 6.07) is 22.2. The molecule has 0 heterocycles. The van der Waals surface area contributed by atoms with Crippen molar-refractivity contribution in [2.45, 2.75) is 6.61 Å². The van der Waals surface area contributed by atoms with Crippen molar-refractivity contribution in [1.82, 2.24) is 0 Å². The van der Waals surface area contributed by atoms with Gasteiger partial charge in [-0.15, -0.1) is 0 Å². The van der Waals surface area contributed by atoms with Crippen LogP contribution in [0.25, 0.3) is 6.08 Å². The summed E-state index contributed by atoms with van der Waals surface area (Å²) in [6.07, 6.45) is 1.50. The molecule has 0 unspecified atom stereocenters. The number of carbonyl (C=O) groups is 1. The molecule has 0 atom stereocenters. The van der Waals surface area contributed by atoms with Crippen molar-refractivity contribution in [2.75, 3.05) is 12.4 Å². The fourth-order valence-corrected chi connectivity index (χ4v) is 3.40. The monoisotopic (exact) mass is 540 g/mol. The molecule has 0 aromatic heterocycles. The Bertz CT molecular complexity index is 1140. The van der Waals surface area contributed by atoms with Gasteiger partial charge in [-0.2, -0.15) is 5.26 Å². The van der Waals surface area contributed by atoms with Crippen LogP contribution >= 0.6 is 31.9 Å². The first kappa shape index (κ1) is 22.6. The third-order valence-electron chi connectivity index (χ3n) is 4.29. The Morgan fingerprint density at radius 3 is 2.42 bits per heavy atom. The second kappa shape index (κ2) is 10.8. The first-order chi connectivity index (χ1) is 15.0. The van der Waals surface area contributed by atoms with E-state index in [9.17, 15) is 10.1 Å². The number of rotatable bonds is 7. The Labute approximate surface area is 197 Å². The summed E-state index contributed by atoms with van der Waals surface area (Å²) in [5.74, 6) is 0.545. The van der Waals surface area contributed by atoms with Gasteiger partial charge in [-0.05, 0) is 53.6 Å². The van der Waals surface area contributed by atoms with E-state index in [1.807, 2.05) is 36.4 Å². The first-order valence-corrected chi connectivity index (χ1v) is 10.8. The number of nitrogens with one attached hydrogen (secondary N) is 1. The van der Waals surface area contributed by atoms with Crippen LogP contribution in [0.5, 0.6) is 11.5 Å². The molecule has 0 saturated heterocycles. The molecule has 1 amide bonds. The van der Waals surface area contributed by atoms with Crippen LogP contribution in [0, 0.1) is 11.3 Å². The van der Waals surface area contributed by atoms with Crippen LogP contribution in [0.3, 0.4) is 0 Å². The van der Waals surface area contributed by atoms with E-state index in [2.05, 4.69) is 37.2 Å². The number of nitrogens with zero attached hydrogens (tertiary/aromatic N) is 1. The number of methoxy groups -OCH3 is 1. The number of benzene rings is 3. The van der Waals surface area contributed by atoms with Gasteiger partial charge in [0.1, 0.15) is 18.2 Å². The fraction of sp³-hybridized carbons (Fsp3) is 0.0833. The number of amides is 1. The van der Waals surface area contributed by atoms with Gasteiger partial charge >= 0.3 is 0 Å². The lowest BCUT2D eigenvalue weighted by atomic mass is 10.1. The first-order valence-electron chi connectivity index (χ1n) is 9.23. The highest BCUT2D eigenvalue weighted by Crippen LogP contribution is 2.35. The van der Waals surface area contributed by atoms with Crippen LogP contribution in [0.4, 0.5) is 5.69 Å². The van der Waals surface area contributed by atoms with Gasteiger partial charge in [0.05, 0.1) is 7.11 Å². The number of anilines is 1. The van der Waals surface area contributed by atoms with Crippen molar-refractivity contribution in [2.24, 2.45) is 0 Å². The summed E-state index contributed by atoms with van der Waals surface area (Å²) in [4.78, 5) is 12.5.